The molecule has 1 rings (SSSR count). The molecule has 0 saturated heterocycles. The second kappa shape index (κ2) is 6.54. The highest BCUT2D eigenvalue weighted by Gasteiger charge is 2.70. The highest BCUT2D eigenvalue weighted by atomic mass is 19.4. The van der Waals surface area contributed by atoms with Gasteiger partial charge in [0.25, 0.3) is 0 Å². The van der Waals surface area contributed by atoms with Crippen LogP contribution >= 0.6 is 0 Å². The van der Waals surface area contributed by atoms with Gasteiger partial charge in [-0.05, 0) is 19.3 Å². The number of hydrogen-bond acceptors (Lipinski definition) is 1. The Balaban J connectivity index is 2.96. The lowest BCUT2D eigenvalue weighted by atomic mass is 9.93. The minimum Gasteiger partial charge on any atom is -0.325 e. The first-order valence-corrected chi connectivity index (χ1v) is 7.14. The zero-order valence-corrected chi connectivity index (χ0v) is 12.4. The number of amides is 2. The highest BCUT2D eigenvalue weighted by molar-refractivity contribution is 5.75. The third kappa shape index (κ3) is 3.60. The van der Waals surface area contributed by atoms with E-state index in [-0.39, 0.29) is 6.04 Å². The Labute approximate surface area is 125 Å². The van der Waals surface area contributed by atoms with E-state index in [1.165, 1.54) is 12.4 Å². The summed E-state index contributed by atoms with van der Waals surface area (Å²) in [7, 11) is 1.23. The van der Waals surface area contributed by atoms with Crippen LogP contribution in [0.5, 0.6) is 0 Å². The van der Waals surface area contributed by atoms with Crippen LogP contribution in [0.1, 0.15) is 45.4 Å². The van der Waals surface area contributed by atoms with Gasteiger partial charge in [-0.2, -0.15) is 26.3 Å². The van der Waals surface area contributed by atoms with Crippen LogP contribution in [0.4, 0.5) is 31.1 Å². The van der Waals surface area contributed by atoms with E-state index < -0.39 is 30.3 Å². The predicted molar refractivity (Wildman–Crippen MR) is 68.3 cm³/mol. The lowest BCUT2D eigenvalue weighted by Crippen LogP contribution is -2.69. The average Bonchev–Trinajstić information content (AvgIpc) is 2.41. The largest absolute Gasteiger partial charge is 0.420 e. The first kappa shape index (κ1) is 18.9. The SMILES string of the molecule is CCC(NC(=O)N(C)C1CCCCC1)(C(F)(F)F)C(F)(F)F. The van der Waals surface area contributed by atoms with Gasteiger partial charge in [-0.25, -0.2) is 4.79 Å². The van der Waals surface area contributed by atoms with E-state index in [1.54, 1.807) is 0 Å². The van der Waals surface area contributed by atoms with Crippen LogP contribution < -0.4 is 5.32 Å². The van der Waals surface area contributed by atoms with Gasteiger partial charge in [0.05, 0.1) is 0 Å². The monoisotopic (exact) mass is 334 g/mol. The Morgan fingerprint density at radius 1 is 1.05 bits per heavy atom. The molecule has 0 aromatic rings. The zero-order chi connectivity index (χ0) is 17.2. The highest BCUT2D eigenvalue weighted by Crippen LogP contribution is 2.45. The summed E-state index contributed by atoms with van der Waals surface area (Å²) < 4.78 is 77.9. The number of rotatable bonds is 3. The standard InChI is InChI=1S/C13H20F6N2O/c1-3-11(12(14,15)16,13(17,18)19)20-10(22)21(2)9-7-5-4-6-8-9/h9H,3-8H2,1-2H3,(H,20,22). The lowest BCUT2D eigenvalue weighted by molar-refractivity contribution is -0.305. The van der Waals surface area contributed by atoms with Gasteiger partial charge in [-0.3, -0.25) is 0 Å². The summed E-state index contributed by atoms with van der Waals surface area (Å²) in [6, 6.07) is -1.67. The van der Waals surface area contributed by atoms with Crippen LogP contribution in [-0.2, 0) is 0 Å². The number of carbonyl (C=O) groups excluding carboxylic acids is 1. The molecule has 1 N–H and O–H groups in total. The topological polar surface area (TPSA) is 32.3 Å². The summed E-state index contributed by atoms with van der Waals surface area (Å²) in [4.78, 5) is 12.9. The smallest absolute Gasteiger partial charge is 0.325 e. The number of carbonyl (C=O) groups is 1. The molecule has 1 fully saturated rings. The van der Waals surface area contributed by atoms with Crippen molar-refractivity contribution in [2.24, 2.45) is 0 Å². The van der Waals surface area contributed by atoms with Gasteiger partial charge in [-0.1, -0.05) is 26.2 Å². The fourth-order valence-electron chi connectivity index (χ4n) is 2.70. The van der Waals surface area contributed by atoms with E-state index in [0.717, 1.165) is 31.1 Å². The molecule has 9 heteroatoms. The normalized spacial score (nSPS) is 18.2. The van der Waals surface area contributed by atoms with Crippen LogP contribution in [-0.4, -0.2) is 41.9 Å². The van der Waals surface area contributed by atoms with Crippen molar-refractivity contribution in [3.05, 3.63) is 0 Å². The molecule has 130 valence electrons. The van der Waals surface area contributed by atoms with Crippen molar-refractivity contribution >= 4 is 6.03 Å². The molecule has 22 heavy (non-hydrogen) atoms. The average molecular weight is 334 g/mol. The van der Waals surface area contributed by atoms with Crippen molar-refractivity contribution in [2.45, 2.75) is 69.4 Å². The van der Waals surface area contributed by atoms with Crippen LogP contribution in [0.15, 0.2) is 0 Å². The van der Waals surface area contributed by atoms with E-state index in [1.807, 2.05) is 0 Å². The van der Waals surface area contributed by atoms with Crippen LogP contribution in [0.2, 0.25) is 0 Å². The van der Waals surface area contributed by atoms with Crippen molar-refractivity contribution in [1.29, 1.82) is 0 Å². The summed E-state index contributed by atoms with van der Waals surface area (Å²) in [5.41, 5.74) is -4.22. The first-order chi connectivity index (χ1) is 9.96. The maximum absolute atomic E-state index is 13.0. The van der Waals surface area contributed by atoms with Crippen molar-refractivity contribution in [3.63, 3.8) is 0 Å². The molecular formula is C13H20F6N2O. The second-order valence-electron chi connectivity index (χ2n) is 5.59. The zero-order valence-electron chi connectivity index (χ0n) is 12.4. The maximum atomic E-state index is 13.0. The Kier molecular flexibility index (Phi) is 5.61. The molecule has 0 radical (unpaired) electrons. The van der Waals surface area contributed by atoms with Gasteiger partial charge in [0, 0.05) is 13.1 Å². The van der Waals surface area contributed by atoms with Gasteiger partial charge in [-0.15, -0.1) is 0 Å². The quantitative estimate of drug-likeness (QED) is 0.770. The predicted octanol–water partition coefficient (Wildman–Crippen LogP) is 4.23. The molecule has 0 aliphatic heterocycles. The molecule has 0 unspecified atom stereocenters. The molecule has 0 heterocycles. The van der Waals surface area contributed by atoms with Crippen LogP contribution in [0.25, 0.3) is 0 Å². The van der Waals surface area contributed by atoms with Crippen molar-refractivity contribution in [3.8, 4) is 0 Å². The van der Waals surface area contributed by atoms with Crippen LogP contribution in [0, 0.1) is 0 Å². The molecule has 0 aromatic heterocycles. The summed E-state index contributed by atoms with van der Waals surface area (Å²) in [6.45, 7) is 0.752. The number of hydrogen-bond donors (Lipinski definition) is 1. The number of alkyl halides is 6. The minimum atomic E-state index is -5.62. The van der Waals surface area contributed by atoms with Crippen molar-refractivity contribution in [1.82, 2.24) is 10.2 Å². The third-order valence-corrected chi connectivity index (χ3v) is 4.26. The lowest BCUT2D eigenvalue weighted by Gasteiger charge is -2.40. The van der Waals surface area contributed by atoms with Gasteiger partial charge >= 0.3 is 18.4 Å². The molecule has 0 bridgehead atoms. The molecule has 1 saturated carbocycles. The Bertz CT molecular complexity index is 373. The fourth-order valence-corrected chi connectivity index (χ4v) is 2.70. The molecule has 1 aliphatic carbocycles. The third-order valence-electron chi connectivity index (χ3n) is 4.26. The number of halogens is 6. The molecule has 3 nitrogen and oxygen atoms in total. The van der Waals surface area contributed by atoms with E-state index in [4.69, 9.17) is 0 Å². The van der Waals surface area contributed by atoms with E-state index in [9.17, 15) is 31.1 Å². The van der Waals surface area contributed by atoms with Crippen LogP contribution in [0.3, 0.4) is 0 Å². The van der Waals surface area contributed by atoms with E-state index in [2.05, 4.69) is 0 Å². The molecule has 1 aliphatic rings. The summed E-state index contributed by atoms with van der Waals surface area (Å²) >= 11 is 0. The van der Waals surface area contributed by atoms with Crippen molar-refractivity contribution in [2.75, 3.05) is 7.05 Å². The molecule has 0 spiro atoms. The first-order valence-electron chi connectivity index (χ1n) is 7.14. The van der Waals surface area contributed by atoms with E-state index >= 15 is 0 Å². The molecular weight excluding hydrogens is 314 g/mol. The summed E-state index contributed by atoms with van der Waals surface area (Å²) in [5, 5.41) is 1.19. The number of nitrogens with one attached hydrogen (secondary N) is 1. The van der Waals surface area contributed by atoms with E-state index in [0.29, 0.717) is 12.8 Å². The van der Waals surface area contributed by atoms with Gasteiger partial charge in [0.15, 0.2) is 0 Å². The summed E-state index contributed by atoms with van der Waals surface area (Å²) in [6.07, 6.45) is -8.83. The van der Waals surface area contributed by atoms with Crippen molar-refractivity contribution < 1.29 is 31.1 Å². The second-order valence-corrected chi connectivity index (χ2v) is 5.59. The van der Waals surface area contributed by atoms with Gasteiger partial charge in [0.2, 0.25) is 5.54 Å². The molecule has 0 aromatic carbocycles. The molecule has 0 atom stereocenters. The number of urea groups is 1. The minimum absolute atomic E-state index is 0.329. The fraction of sp³-hybridized carbons (Fsp3) is 0.923. The van der Waals surface area contributed by atoms with Gasteiger partial charge in [0.1, 0.15) is 0 Å². The van der Waals surface area contributed by atoms with Gasteiger partial charge < -0.3 is 10.2 Å². The summed E-state index contributed by atoms with van der Waals surface area (Å²) in [5.74, 6) is 0. The Morgan fingerprint density at radius 3 is 1.86 bits per heavy atom. The number of nitrogens with zero attached hydrogens (tertiary/aromatic N) is 1. The maximum Gasteiger partial charge on any atom is 0.420 e. The Hall–Kier alpha value is -1.15. The Morgan fingerprint density at radius 2 is 1.50 bits per heavy atom. The molecule has 2 amide bonds.